The van der Waals surface area contributed by atoms with Gasteiger partial charge in [0.05, 0.1) is 5.52 Å². The number of carbonyl (C=O) groups is 1. The second kappa shape index (κ2) is 6.51. The van der Waals surface area contributed by atoms with E-state index in [-0.39, 0.29) is 11.9 Å². The molecule has 0 radical (unpaired) electrons. The Morgan fingerprint density at radius 2 is 1.95 bits per heavy atom. The van der Waals surface area contributed by atoms with Crippen LogP contribution in [0.1, 0.15) is 32.9 Å². The third-order valence-electron chi connectivity index (χ3n) is 3.27. The van der Waals surface area contributed by atoms with Gasteiger partial charge in [0.1, 0.15) is 0 Å². The fraction of sp³-hybridized carbons (Fsp3) is 0.412. The summed E-state index contributed by atoms with van der Waals surface area (Å²) in [5, 5.41) is 4.18. The van der Waals surface area contributed by atoms with E-state index in [4.69, 9.17) is 0 Å². The molecular formula is C17H22N2O. The zero-order valence-corrected chi connectivity index (χ0v) is 12.4. The van der Waals surface area contributed by atoms with E-state index in [1.807, 2.05) is 18.2 Å². The van der Waals surface area contributed by atoms with E-state index in [0.717, 1.165) is 29.4 Å². The summed E-state index contributed by atoms with van der Waals surface area (Å²) < 4.78 is 0. The lowest BCUT2D eigenvalue weighted by Crippen LogP contribution is -2.36. The van der Waals surface area contributed by atoms with Gasteiger partial charge in [-0.15, -0.1) is 0 Å². The summed E-state index contributed by atoms with van der Waals surface area (Å²) in [7, 11) is 0. The molecule has 1 aromatic carbocycles. The predicted molar refractivity (Wildman–Crippen MR) is 82.5 cm³/mol. The first kappa shape index (κ1) is 14.5. The number of hydrogen-bond acceptors (Lipinski definition) is 2. The largest absolute Gasteiger partial charge is 0.353 e. The molecule has 0 bridgehead atoms. The Balaban J connectivity index is 2.16. The van der Waals surface area contributed by atoms with Gasteiger partial charge in [-0.25, -0.2) is 0 Å². The van der Waals surface area contributed by atoms with Crippen LogP contribution in [0, 0.1) is 5.92 Å². The van der Waals surface area contributed by atoms with Crippen molar-refractivity contribution in [3.05, 3.63) is 42.1 Å². The maximum absolute atomic E-state index is 11.3. The van der Waals surface area contributed by atoms with E-state index >= 15 is 0 Å². The van der Waals surface area contributed by atoms with Crippen LogP contribution in [0.5, 0.6) is 0 Å². The van der Waals surface area contributed by atoms with E-state index in [1.165, 1.54) is 0 Å². The highest BCUT2D eigenvalue weighted by atomic mass is 16.1. The van der Waals surface area contributed by atoms with Crippen molar-refractivity contribution in [1.29, 1.82) is 0 Å². The van der Waals surface area contributed by atoms with Crippen LogP contribution >= 0.6 is 0 Å². The van der Waals surface area contributed by atoms with Crippen LogP contribution in [0.15, 0.2) is 36.4 Å². The first-order valence-corrected chi connectivity index (χ1v) is 7.16. The summed E-state index contributed by atoms with van der Waals surface area (Å²) in [6.07, 6.45) is 1.75. The molecule has 2 aromatic rings. The second-order valence-corrected chi connectivity index (χ2v) is 5.73. The number of carbonyl (C=O) groups excluding carboxylic acids is 1. The summed E-state index contributed by atoms with van der Waals surface area (Å²) in [6, 6.07) is 12.4. The van der Waals surface area contributed by atoms with Gasteiger partial charge < -0.3 is 5.32 Å². The normalized spacial score (nSPS) is 12.6. The molecule has 0 saturated heterocycles. The van der Waals surface area contributed by atoms with E-state index in [0.29, 0.717) is 5.92 Å². The van der Waals surface area contributed by atoms with Crippen LogP contribution in [-0.2, 0) is 11.2 Å². The molecule has 1 aromatic heterocycles. The predicted octanol–water partition coefficient (Wildman–Crippen LogP) is 3.33. The Morgan fingerprint density at radius 1 is 1.20 bits per heavy atom. The van der Waals surface area contributed by atoms with Crippen molar-refractivity contribution < 1.29 is 4.79 Å². The lowest BCUT2D eigenvalue weighted by molar-refractivity contribution is -0.119. The van der Waals surface area contributed by atoms with Gasteiger partial charge in [0, 0.05) is 30.5 Å². The van der Waals surface area contributed by atoms with Gasteiger partial charge in [-0.2, -0.15) is 0 Å². The van der Waals surface area contributed by atoms with Gasteiger partial charge in [0.2, 0.25) is 5.91 Å². The number of aromatic nitrogens is 1. The molecule has 2 rings (SSSR count). The summed E-state index contributed by atoms with van der Waals surface area (Å²) >= 11 is 0. The van der Waals surface area contributed by atoms with Crippen molar-refractivity contribution in [2.24, 2.45) is 5.92 Å². The first-order chi connectivity index (χ1) is 9.54. The van der Waals surface area contributed by atoms with E-state index < -0.39 is 0 Å². The van der Waals surface area contributed by atoms with Gasteiger partial charge in [-0.05, 0) is 24.5 Å². The lowest BCUT2D eigenvalue weighted by Gasteiger charge is -2.19. The van der Waals surface area contributed by atoms with Gasteiger partial charge >= 0.3 is 0 Å². The maximum Gasteiger partial charge on any atom is 0.217 e. The fourth-order valence-corrected chi connectivity index (χ4v) is 2.52. The molecule has 0 spiro atoms. The van der Waals surface area contributed by atoms with Crippen LogP contribution in [-0.4, -0.2) is 16.9 Å². The molecule has 1 amide bonds. The Labute approximate surface area is 120 Å². The summed E-state index contributed by atoms with van der Waals surface area (Å²) in [5.41, 5.74) is 2.04. The molecule has 0 aliphatic carbocycles. The number of hydrogen-bond donors (Lipinski definition) is 1. The molecule has 0 aliphatic heterocycles. The molecule has 20 heavy (non-hydrogen) atoms. The van der Waals surface area contributed by atoms with Gasteiger partial charge in [0.15, 0.2) is 0 Å². The second-order valence-electron chi connectivity index (χ2n) is 5.73. The average Bonchev–Trinajstić information content (AvgIpc) is 2.37. The van der Waals surface area contributed by atoms with Crippen molar-refractivity contribution in [2.45, 2.75) is 39.7 Å². The Bertz CT molecular complexity index is 592. The molecule has 3 nitrogen and oxygen atoms in total. The van der Waals surface area contributed by atoms with E-state index in [1.54, 1.807) is 6.92 Å². The molecule has 0 fully saturated rings. The van der Waals surface area contributed by atoms with Crippen molar-refractivity contribution in [3.8, 4) is 0 Å². The molecule has 1 N–H and O–H groups in total. The fourth-order valence-electron chi connectivity index (χ4n) is 2.52. The van der Waals surface area contributed by atoms with Crippen molar-refractivity contribution >= 4 is 16.8 Å². The highest BCUT2D eigenvalue weighted by Gasteiger charge is 2.13. The van der Waals surface area contributed by atoms with Crippen molar-refractivity contribution in [1.82, 2.24) is 10.3 Å². The number of fused-ring (bicyclic) bond motifs is 1. The summed E-state index contributed by atoms with van der Waals surface area (Å²) in [6.45, 7) is 5.91. The Morgan fingerprint density at radius 3 is 2.65 bits per heavy atom. The molecule has 0 aliphatic rings. The standard InChI is InChI=1S/C17H22N2O/c1-12(2)10-16(18-13(3)20)11-15-9-8-14-6-4-5-7-17(14)19-15/h4-9,12,16H,10-11H2,1-3H3,(H,18,20). The van der Waals surface area contributed by atoms with Crippen LogP contribution < -0.4 is 5.32 Å². The number of nitrogens with zero attached hydrogens (tertiary/aromatic N) is 1. The third kappa shape index (κ3) is 4.05. The smallest absolute Gasteiger partial charge is 0.217 e. The topological polar surface area (TPSA) is 42.0 Å². The SMILES string of the molecule is CC(=O)NC(Cc1ccc2ccccc2n1)CC(C)C. The van der Waals surface area contributed by atoms with Crippen molar-refractivity contribution in [3.63, 3.8) is 0 Å². The molecule has 1 heterocycles. The minimum atomic E-state index is 0.0245. The lowest BCUT2D eigenvalue weighted by atomic mass is 9.99. The summed E-state index contributed by atoms with van der Waals surface area (Å²) in [5.74, 6) is 0.573. The Kier molecular flexibility index (Phi) is 4.72. The minimum absolute atomic E-state index is 0.0245. The summed E-state index contributed by atoms with van der Waals surface area (Å²) in [4.78, 5) is 16.0. The van der Waals surface area contributed by atoms with Crippen LogP contribution in [0.4, 0.5) is 0 Å². The first-order valence-electron chi connectivity index (χ1n) is 7.16. The highest BCUT2D eigenvalue weighted by molar-refractivity contribution is 5.78. The average molecular weight is 270 g/mol. The molecule has 0 saturated carbocycles. The molecule has 3 heteroatoms. The zero-order valence-electron chi connectivity index (χ0n) is 12.4. The number of para-hydroxylation sites is 1. The van der Waals surface area contributed by atoms with E-state index in [2.05, 4.69) is 42.3 Å². The van der Waals surface area contributed by atoms with Crippen molar-refractivity contribution in [2.75, 3.05) is 0 Å². The minimum Gasteiger partial charge on any atom is -0.353 e. The number of pyridine rings is 1. The highest BCUT2D eigenvalue weighted by Crippen LogP contribution is 2.15. The molecule has 1 atom stereocenters. The van der Waals surface area contributed by atoms with E-state index in [9.17, 15) is 4.79 Å². The Hall–Kier alpha value is -1.90. The number of benzene rings is 1. The third-order valence-corrected chi connectivity index (χ3v) is 3.27. The number of amides is 1. The van der Waals surface area contributed by atoms with Gasteiger partial charge in [-0.1, -0.05) is 38.1 Å². The van der Waals surface area contributed by atoms with Crippen LogP contribution in [0.3, 0.4) is 0 Å². The van der Waals surface area contributed by atoms with Gasteiger partial charge in [0.25, 0.3) is 0 Å². The monoisotopic (exact) mass is 270 g/mol. The number of rotatable bonds is 5. The molecular weight excluding hydrogens is 248 g/mol. The molecule has 106 valence electrons. The zero-order chi connectivity index (χ0) is 14.5. The number of nitrogens with one attached hydrogen (secondary N) is 1. The maximum atomic E-state index is 11.3. The van der Waals surface area contributed by atoms with Crippen LogP contribution in [0.25, 0.3) is 10.9 Å². The quantitative estimate of drug-likeness (QED) is 0.905. The molecule has 1 unspecified atom stereocenters. The van der Waals surface area contributed by atoms with Crippen LogP contribution in [0.2, 0.25) is 0 Å². The van der Waals surface area contributed by atoms with Gasteiger partial charge in [-0.3, -0.25) is 9.78 Å².